The van der Waals surface area contributed by atoms with Gasteiger partial charge in [0.15, 0.2) is 0 Å². The summed E-state index contributed by atoms with van der Waals surface area (Å²) in [5.41, 5.74) is 4.31. The first-order valence-electron chi connectivity index (χ1n) is 12.1. The van der Waals surface area contributed by atoms with Gasteiger partial charge < -0.3 is 10.2 Å². The van der Waals surface area contributed by atoms with E-state index in [1.165, 1.54) is 6.07 Å². The summed E-state index contributed by atoms with van der Waals surface area (Å²) in [5, 5.41) is 3.00. The van der Waals surface area contributed by atoms with Crippen LogP contribution in [0.3, 0.4) is 0 Å². The first-order valence-corrected chi connectivity index (χ1v) is 12.1. The van der Waals surface area contributed by atoms with Gasteiger partial charge >= 0.3 is 0 Å². The number of halogens is 1. The average molecular weight is 475 g/mol. The molecule has 5 heteroatoms. The lowest BCUT2D eigenvalue weighted by molar-refractivity contribution is -0.140. The molecule has 1 N–H and O–H groups in total. The molecule has 0 aliphatic heterocycles. The second-order valence-electron chi connectivity index (χ2n) is 9.56. The third-order valence-electron chi connectivity index (χ3n) is 6.10. The third-order valence-corrected chi connectivity index (χ3v) is 6.10. The Balaban J connectivity index is 2.00. The molecule has 0 fully saturated rings. The molecule has 3 aromatic rings. The zero-order chi connectivity index (χ0) is 25.4. The number of nitrogens with one attached hydrogen (secondary N) is 1. The van der Waals surface area contributed by atoms with Crippen LogP contribution in [0.1, 0.15) is 41.7 Å². The maximum atomic E-state index is 14.7. The van der Waals surface area contributed by atoms with Crippen molar-refractivity contribution in [2.45, 2.75) is 53.1 Å². The van der Waals surface area contributed by atoms with E-state index in [-0.39, 0.29) is 30.7 Å². The first kappa shape index (κ1) is 26.1. The van der Waals surface area contributed by atoms with Crippen LogP contribution in [0.4, 0.5) is 4.39 Å². The summed E-state index contributed by atoms with van der Waals surface area (Å²) < 4.78 is 14.7. The smallest absolute Gasteiger partial charge is 0.243 e. The zero-order valence-corrected chi connectivity index (χ0v) is 21.1. The highest BCUT2D eigenvalue weighted by Gasteiger charge is 2.31. The van der Waals surface area contributed by atoms with Crippen molar-refractivity contribution < 1.29 is 14.0 Å². The van der Waals surface area contributed by atoms with Gasteiger partial charge in [-0.25, -0.2) is 4.39 Å². The molecule has 35 heavy (non-hydrogen) atoms. The molecule has 0 saturated heterocycles. The minimum absolute atomic E-state index is 0.0168. The van der Waals surface area contributed by atoms with Gasteiger partial charge in [-0.1, -0.05) is 86.1 Å². The number of carbonyl (C=O) groups is 2. The summed E-state index contributed by atoms with van der Waals surface area (Å²) >= 11 is 0. The van der Waals surface area contributed by atoms with E-state index < -0.39 is 11.9 Å². The molecule has 3 rings (SSSR count). The van der Waals surface area contributed by atoms with Gasteiger partial charge in [0.1, 0.15) is 11.9 Å². The highest BCUT2D eigenvalue weighted by atomic mass is 19.1. The van der Waals surface area contributed by atoms with Crippen LogP contribution in [0.25, 0.3) is 0 Å². The topological polar surface area (TPSA) is 49.4 Å². The first-order chi connectivity index (χ1) is 16.7. The molecular formula is C30H35FN2O2. The molecule has 0 unspecified atom stereocenters. The lowest BCUT2D eigenvalue weighted by Crippen LogP contribution is -2.51. The van der Waals surface area contributed by atoms with Crippen LogP contribution >= 0.6 is 0 Å². The molecule has 4 nitrogen and oxygen atoms in total. The highest BCUT2D eigenvalue weighted by molar-refractivity contribution is 5.89. The monoisotopic (exact) mass is 474 g/mol. The molecule has 1 atom stereocenters. The Hall–Kier alpha value is -3.47. The fourth-order valence-electron chi connectivity index (χ4n) is 4.04. The van der Waals surface area contributed by atoms with Crippen LogP contribution in [0.15, 0.2) is 72.8 Å². The number of carbonyl (C=O) groups excluding carboxylic acids is 2. The minimum Gasteiger partial charge on any atom is -0.354 e. The van der Waals surface area contributed by atoms with Gasteiger partial charge in [0.2, 0.25) is 11.8 Å². The quantitative estimate of drug-likeness (QED) is 0.428. The van der Waals surface area contributed by atoms with Crippen LogP contribution in [-0.2, 0) is 29.0 Å². The van der Waals surface area contributed by atoms with Crippen LogP contribution in [0, 0.1) is 25.6 Å². The van der Waals surface area contributed by atoms with Gasteiger partial charge in [-0.3, -0.25) is 9.59 Å². The van der Waals surface area contributed by atoms with Crippen LogP contribution in [0.2, 0.25) is 0 Å². The van der Waals surface area contributed by atoms with Gasteiger partial charge in [0, 0.05) is 25.1 Å². The highest BCUT2D eigenvalue weighted by Crippen LogP contribution is 2.20. The Bertz CT molecular complexity index is 1140. The standard InChI is InChI=1S/C30H35FN2O2/c1-21(2)19-32-30(35)28(17-24-10-6-5-7-11-24)33(20-25-12-8-9-13-27(25)31)29(34)18-26-16-22(3)14-15-23(26)4/h5-16,21,28H,17-20H2,1-4H3,(H,32,35)/t28-/m0/s1. The predicted octanol–water partition coefficient (Wildman–Crippen LogP) is 5.40. The van der Waals surface area contributed by atoms with E-state index in [1.807, 2.05) is 76.2 Å². The van der Waals surface area contributed by atoms with Crippen LogP contribution in [0.5, 0.6) is 0 Å². The number of rotatable bonds is 10. The lowest BCUT2D eigenvalue weighted by atomic mass is 9.99. The maximum Gasteiger partial charge on any atom is 0.243 e. The maximum absolute atomic E-state index is 14.7. The number of benzene rings is 3. The van der Waals surface area contributed by atoms with Gasteiger partial charge in [-0.2, -0.15) is 0 Å². The van der Waals surface area contributed by atoms with Crippen LogP contribution < -0.4 is 5.32 Å². The minimum atomic E-state index is -0.770. The second-order valence-corrected chi connectivity index (χ2v) is 9.56. The van der Waals surface area contributed by atoms with Crippen LogP contribution in [-0.4, -0.2) is 29.3 Å². The van der Waals surface area contributed by atoms with Crippen molar-refractivity contribution in [2.75, 3.05) is 6.54 Å². The molecule has 0 spiro atoms. The normalized spacial score (nSPS) is 11.8. The third kappa shape index (κ3) is 7.51. The Morgan fingerprint density at radius 1 is 0.914 bits per heavy atom. The Morgan fingerprint density at radius 2 is 1.60 bits per heavy atom. The van der Waals surface area contributed by atoms with Crippen molar-refractivity contribution in [3.05, 3.63) is 106 Å². The molecule has 0 heterocycles. The number of aryl methyl sites for hydroxylation is 2. The predicted molar refractivity (Wildman–Crippen MR) is 138 cm³/mol. The van der Waals surface area contributed by atoms with Crippen molar-refractivity contribution >= 4 is 11.8 Å². The van der Waals surface area contributed by atoms with Crippen molar-refractivity contribution in [3.8, 4) is 0 Å². The van der Waals surface area contributed by atoms with Gasteiger partial charge in [0.25, 0.3) is 0 Å². The summed E-state index contributed by atoms with van der Waals surface area (Å²) in [4.78, 5) is 28.8. The number of hydrogen-bond acceptors (Lipinski definition) is 2. The van der Waals surface area contributed by atoms with E-state index >= 15 is 0 Å². The van der Waals surface area contributed by atoms with E-state index in [2.05, 4.69) is 5.32 Å². The Morgan fingerprint density at radius 3 is 2.29 bits per heavy atom. The van der Waals surface area contributed by atoms with Crippen molar-refractivity contribution in [2.24, 2.45) is 5.92 Å². The van der Waals surface area contributed by atoms with E-state index in [9.17, 15) is 14.0 Å². The molecule has 184 valence electrons. The van der Waals surface area contributed by atoms with Crippen molar-refractivity contribution in [1.29, 1.82) is 0 Å². The van der Waals surface area contributed by atoms with Crippen molar-refractivity contribution in [3.63, 3.8) is 0 Å². The molecule has 0 aliphatic rings. The SMILES string of the molecule is Cc1ccc(C)c(CC(=O)N(Cc2ccccc2F)[C@@H](Cc2ccccc2)C(=O)NCC(C)C)c1. The van der Waals surface area contributed by atoms with E-state index in [4.69, 9.17) is 0 Å². The molecule has 3 aromatic carbocycles. The van der Waals surface area contributed by atoms with E-state index in [0.29, 0.717) is 18.5 Å². The Labute approximate surface area is 208 Å². The second kappa shape index (κ2) is 12.3. The van der Waals surface area contributed by atoms with Gasteiger partial charge in [0.05, 0.1) is 6.42 Å². The number of nitrogens with zero attached hydrogens (tertiary/aromatic N) is 1. The fourth-order valence-corrected chi connectivity index (χ4v) is 4.04. The molecule has 0 saturated carbocycles. The average Bonchev–Trinajstić information content (AvgIpc) is 2.83. The Kier molecular flexibility index (Phi) is 9.18. The lowest BCUT2D eigenvalue weighted by Gasteiger charge is -2.32. The summed E-state index contributed by atoms with van der Waals surface area (Å²) in [6.07, 6.45) is 0.489. The number of hydrogen-bond donors (Lipinski definition) is 1. The van der Waals surface area contributed by atoms with E-state index in [0.717, 1.165) is 22.3 Å². The van der Waals surface area contributed by atoms with Gasteiger partial charge in [-0.15, -0.1) is 0 Å². The number of amides is 2. The zero-order valence-electron chi connectivity index (χ0n) is 21.1. The largest absolute Gasteiger partial charge is 0.354 e. The molecule has 0 radical (unpaired) electrons. The summed E-state index contributed by atoms with van der Waals surface area (Å²) in [7, 11) is 0. The summed E-state index contributed by atoms with van der Waals surface area (Å²) in [6.45, 7) is 8.53. The fraction of sp³-hybridized carbons (Fsp3) is 0.333. The molecule has 0 aliphatic carbocycles. The molecule has 2 amide bonds. The van der Waals surface area contributed by atoms with Gasteiger partial charge in [-0.05, 0) is 42.5 Å². The van der Waals surface area contributed by atoms with Crippen molar-refractivity contribution in [1.82, 2.24) is 10.2 Å². The van der Waals surface area contributed by atoms with E-state index in [1.54, 1.807) is 23.1 Å². The molecule has 0 bridgehead atoms. The summed E-state index contributed by atoms with van der Waals surface area (Å²) in [6, 6.07) is 21.3. The molecule has 0 aromatic heterocycles. The summed E-state index contributed by atoms with van der Waals surface area (Å²) in [5.74, 6) is -0.559. The molecular weight excluding hydrogens is 439 g/mol.